The van der Waals surface area contributed by atoms with Crippen LogP contribution in [0.25, 0.3) is 0 Å². The molecule has 0 radical (unpaired) electrons. The number of hydrogen-bond donors (Lipinski definition) is 4. The number of nitrogens with one attached hydrogen (secondary N) is 1. The Labute approximate surface area is 239 Å². The first-order valence-electron chi connectivity index (χ1n) is 13.2. The lowest BCUT2D eigenvalue weighted by Gasteiger charge is -2.19. The molecule has 1 aromatic carbocycles. The van der Waals surface area contributed by atoms with Crippen LogP contribution in [-0.4, -0.2) is 77.0 Å². The second-order valence-electron chi connectivity index (χ2n) is 9.55. The summed E-state index contributed by atoms with van der Waals surface area (Å²) in [5, 5.41) is 42.3. The lowest BCUT2D eigenvalue weighted by atomic mass is 9.89. The van der Waals surface area contributed by atoms with Crippen molar-refractivity contribution in [1.82, 2.24) is 5.32 Å². The van der Waals surface area contributed by atoms with E-state index in [1.807, 2.05) is 12.2 Å². The van der Waals surface area contributed by atoms with Gasteiger partial charge in [0, 0.05) is 18.8 Å². The molecule has 4 N–H and O–H groups in total. The first-order valence-corrected chi connectivity index (χ1v) is 13.2. The summed E-state index contributed by atoms with van der Waals surface area (Å²) in [5.41, 5.74) is -0.869. The number of amides is 1. The van der Waals surface area contributed by atoms with E-state index in [1.54, 1.807) is 6.08 Å². The third-order valence-electron chi connectivity index (χ3n) is 6.38. The van der Waals surface area contributed by atoms with Crippen LogP contribution in [0.5, 0.6) is 5.75 Å². The quantitative estimate of drug-likeness (QED) is 0.0678. The van der Waals surface area contributed by atoms with Gasteiger partial charge in [0.2, 0.25) is 5.91 Å². The number of unbranched alkanes of at least 4 members (excludes halogenated alkanes) is 1. The van der Waals surface area contributed by atoms with E-state index in [0.29, 0.717) is 19.3 Å². The van der Waals surface area contributed by atoms with Gasteiger partial charge in [-0.05, 0) is 43.4 Å². The van der Waals surface area contributed by atoms with Crippen LogP contribution in [0.1, 0.15) is 37.7 Å². The molecule has 12 nitrogen and oxygen atoms in total. The second-order valence-corrected chi connectivity index (χ2v) is 9.55. The van der Waals surface area contributed by atoms with Gasteiger partial charge in [-0.15, -0.1) is 10.1 Å². The molecule has 0 spiro atoms. The molecule has 0 bridgehead atoms. The monoisotopic (exact) mass is 604 g/mol. The van der Waals surface area contributed by atoms with Crippen molar-refractivity contribution in [2.24, 2.45) is 11.8 Å². The maximum Gasteiger partial charge on any atom is 0.416 e. The maximum atomic E-state index is 12.8. The number of carbonyl (C=O) groups is 2. The molecule has 0 aliphatic heterocycles. The van der Waals surface area contributed by atoms with E-state index in [-0.39, 0.29) is 50.2 Å². The highest BCUT2D eigenvalue weighted by Crippen LogP contribution is 2.36. The van der Waals surface area contributed by atoms with Gasteiger partial charge in [0.25, 0.3) is 5.09 Å². The fraction of sp³-hybridized carbons (Fsp3) is 0.556. The third-order valence-corrected chi connectivity index (χ3v) is 6.38. The number of halogens is 3. The van der Waals surface area contributed by atoms with Gasteiger partial charge in [0.05, 0.1) is 17.8 Å². The van der Waals surface area contributed by atoms with Crippen molar-refractivity contribution in [2.45, 2.75) is 56.6 Å². The SMILES string of the molecule is O=C(CCC/C=C\C[C@@H]1[C@@H](/C=C/[C@@H](O)COc2cccc(C(F)(F)F)c2)[C@H](O)C[C@@H]1O)NCC(=O)OCCO[N+](=O)[O-]. The number of esters is 1. The molecule has 1 aliphatic carbocycles. The summed E-state index contributed by atoms with van der Waals surface area (Å²) in [5.74, 6) is -1.99. The van der Waals surface area contributed by atoms with E-state index in [1.165, 1.54) is 18.2 Å². The molecule has 1 saturated carbocycles. The smallest absolute Gasteiger partial charge is 0.416 e. The first kappa shape index (κ1) is 34.5. The molecular formula is C27H35F3N2O10. The molecule has 5 atom stereocenters. The molecule has 1 amide bonds. The molecule has 1 aliphatic rings. The lowest BCUT2D eigenvalue weighted by Crippen LogP contribution is -2.31. The Balaban J connectivity index is 1.70. The minimum atomic E-state index is -4.52. The Morgan fingerprint density at radius 3 is 2.67 bits per heavy atom. The minimum absolute atomic E-state index is 0.0467. The number of hydrogen-bond acceptors (Lipinski definition) is 10. The van der Waals surface area contributed by atoms with E-state index >= 15 is 0 Å². The van der Waals surface area contributed by atoms with Gasteiger partial charge in [0.15, 0.2) is 0 Å². The molecule has 15 heteroatoms. The number of allylic oxidation sites excluding steroid dienone is 2. The van der Waals surface area contributed by atoms with Crippen molar-refractivity contribution >= 4 is 11.9 Å². The predicted molar refractivity (Wildman–Crippen MR) is 140 cm³/mol. The number of aliphatic hydroxyl groups excluding tert-OH is 3. The average molecular weight is 605 g/mol. The summed E-state index contributed by atoms with van der Waals surface area (Å²) in [6.45, 7) is -1.41. The summed E-state index contributed by atoms with van der Waals surface area (Å²) in [4.78, 5) is 37.3. The van der Waals surface area contributed by atoms with Crippen LogP contribution in [0, 0.1) is 22.0 Å². The Hall–Kier alpha value is -3.69. The van der Waals surface area contributed by atoms with Crippen LogP contribution in [-0.2, 0) is 25.3 Å². The van der Waals surface area contributed by atoms with E-state index in [2.05, 4.69) is 14.9 Å². The second kappa shape index (κ2) is 17.3. The van der Waals surface area contributed by atoms with Gasteiger partial charge >= 0.3 is 12.1 Å². The molecule has 0 heterocycles. The molecule has 234 valence electrons. The first-order chi connectivity index (χ1) is 19.9. The zero-order valence-electron chi connectivity index (χ0n) is 22.7. The van der Waals surface area contributed by atoms with Crippen LogP contribution < -0.4 is 10.1 Å². The van der Waals surface area contributed by atoms with E-state index < -0.39 is 53.6 Å². The molecule has 42 heavy (non-hydrogen) atoms. The molecule has 1 fully saturated rings. The molecular weight excluding hydrogens is 569 g/mol. The Morgan fingerprint density at radius 1 is 1.19 bits per heavy atom. The summed E-state index contributed by atoms with van der Waals surface area (Å²) in [7, 11) is 0. The number of nitrogens with zero attached hydrogens (tertiary/aromatic N) is 1. The number of benzene rings is 1. The minimum Gasteiger partial charge on any atom is -0.491 e. The standard InChI is InChI=1S/C27H35F3N2O10/c28-27(29,30)18-6-5-7-20(14-18)41-17-19(33)10-11-22-21(23(34)15-24(22)35)8-3-1-2-4-9-25(36)31-16-26(37)40-12-13-42-32(38)39/h1,3,5-7,10-11,14,19,21-24,33-35H,2,4,8-9,12-13,15-17H2,(H,31,36)/b3-1-,11-10+/t19-,21-,22-,23+,24-/m1/s1. The highest BCUT2D eigenvalue weighted by atomic mass is 19.4. The van der Waals surface area contributed by atoms with Crippen molar-refractivity contribution < 1.29 is 57.5 Å². The van der Waals surface area contributed by atoms with Gasteiger partial charge < -0.3 is 34.9 Å². The van der Waals surface area contributed by atoms with E-state index in [9.17, 15) is 48.2 Å². The molecule has 0 unspecified atom stereocenters. The van der Waals surface area contributed by atoms with Crippen molar-refractivity contribution in [3.63, 3.8) is 0 Å². The number of carbonyl (C=O) groups excluding carboxylic acids is 2. The number of rotatable bonds is 17. The van der Waals surface area contributed by atoms with Crippen molar-refractivity contribution in [2.75, 3.05) is 26.4 Å². The maximum absolute atomic E-state index is 12.8. The largest absolute Gasteiger partial charge is 0.491 e. The Kier molecular flexibility index (Phi) is 14.2. The zero-order chi connectivity index (χ0) is 31.1. The number of ether oxygens (including phenoxy) is 2. The van der Waals surface area contributed by atoms with Crippen LogP contribution >= 0.6 is 0 Å². The number of aliphatic hydroxyl groups is 3. The van der Waals surface area contributed by atoms with Gasteiger partial charge in [-0.1, -0.05) is 30.4 Å². The van der Waals surface area contributed by atoms with Crippen LogP contribution in [0.15, 0.2) is 48.6 Å². The topological polar surface area (TPSA) is 178 Å². The lowest BCUT2D eigenvalue weighted by molar-refractivity contribution is -0.757. The highest BCUT2D eigenvalue weighted by Gasteiger charge is 2.39. The van der Waals surface area contributed by atoms with Crippen LogP contribution in [0.3, 0.4) is 0 Å². The summed E-state index contributed by atoms with van der Waals surface area (Å²) in [6, 6.07) is 4.29. The van der Waals surface area contributed by atoms with Gasteiger partial charge in [-0.2, -0.15) is 13.2 Å². The zero-order valence-corrected chi connectivity index (χ0v) is 22.7. The van der Waals surface area contributed by atoms with Gasteiger partial charge in [0.1, 0.15) is 38.2 Å². The Morgan fingerprint density at radius 2 is 1.95 bits per heavy atom. The van der Waals surface area contributed by atoms with E-state index in [4.69, 9.17) is 4.74 Å². The average Bonchev–Trinajstić information content (AvgIpc) is 3.20. The highest BCUT2D eigenvalue weighted by molar-refractivity contribution is 5.81. The summed E-state index contributed by atoms with van der Waals surface area (Å²) >= 11 is 0. The molecule has 1 aromatic rings. The molecule has 2 rings (SSSR count). The van der Waals surface area contributed by atoms with Crippen molar-refractivity contribution in [3.05, 3.63) is 64.2 Å². The normalized spacial score (nSPS) is 21.4. The molecule has 0 aromatic heterocycles. The Bertz CT molecular complexity index is 1080. The van der Waals surface area contributed by atoms with Gasteiger partial charge in [-0.25, -0.2) is 0 Å². The van der Waals surface area contributed by atoms with Crippen LogP contribution in [0.4, 0.5) is 13.2 Å². The third kappa shape index (κ3) is 12.9. The van der Waals surface area contributed by atoms with Gasteiger partial charge in [-0.3, -0.25) is 9.59 Å². The summed E-state index contributed by atoms with van der Waals surface area (Å²) in [6.07, 6.45) is 1.02. The van der Waals surface area contributed by atoms with Crippen molar-refractivity contribution in [3.8, 4) is 5.75 Å². The number of alkyl halides is 3. The van der Waals surface area contributed by atoms with Crippen LogP contribution in [0.2, 0.25) is 0 Å². The van der Waals surface area contributed by atoms with Crippen molar-refractivity contribution in [1.29, 1.82) is 0 Å². The fourth-order valence-electron chi connectivity index (χ4n) is 4.29. The van der Waals surface area contributed by atoms with E-state index in [0.717, 1.165) is 12.1 Å². The summed E-state index contributed by atoms with van der Waals surface area (Å²) < 4.78 is 48.5. The predicted octanol–water partition coefficient (Wildman–Crippen LogP) is 2.34. The fourth-order valence-corrected chi connectivity index (χ4v) is 4.29. The molecule has 0 saturated heterocycles.